The van der Waals surface area contributed by atoms with Crippen molar-refractivity contribution in [3.63, 3.8) is 0 Å². The third-order valence-corrected chi connectivity index (χ3v) is 4.07. The van der Waals surface area contributed by atoms with E-state index in [1.165, 1.54) is 19.2 Å². The maximum atomic E-state index is 12.2. The van der Waals surface area contributed by atoms with E-state index in [1.54, 1.807) is 39.0 Å². The topological polar surface area (TPSA) is 72.5 Å². The van der Waals surface area contributed by atoms with Crippen molar-refractivity contribution in [1.82, 2.24) is 4.72 Å². The first-order valence-electron chi connectivity index (χ1n) is 5.83. The first-order chi connectivity index (χ1) is 8.68. The molecule has 0 saturated carbocycles. The molecule has 0 aliphatic rings. The van der Waals surface area contributed by atoms with Gasteiger partial charge in [-0.2, -0.15) is 4.72 Å². The molecule has 0 aliphatic carbocycles. The van der Waals surface area contributed by atoms with Gasteiger partial charge in [-0.3, -0.25) is 4.79 Å². The van der Waals surface area contributed by atoms with Crippen molar-refractivity contribution in [2.24, 2.45) is 5.41 Å². The van der Waals surface area contributed by atoms with E-state index in [2.05, 4.69) is 9.46 Å². The fourth-order valence-electron chi connectivity index (χ4n) is 1.52. The lowest BCUT2D eigenvalue weighted by Crippen LogP contribution is -2.49. The Kier molecular flexibility index (Phi) is 4.70. The summed E-state index contributed by atoms with van der Waals surface area (Å²) < 4.78 is 31.4. The molecule has 0 bridgehead atoms. The summed E-state index contributed by atoms with van der Waals surface area (Å²) in [4.78, 5) is 11.8. The first kappa shape index (κ1) is 15.7. The summed E-state index contributed by atoms with van der Waals surface area (Å²) in [6, 6.07) is 6.97. The van der Waals surface area contributed by atoms with Gasteiger partial charge in [0, 0.05) is 0 Å². The van der Waals surface area contributed by atoms with Crippen LogP contribution in [0.3, 0.4) is 0 Å². The SMILES string of the molecule is COC(=O)C(NS(=O)(=O)c1ccccc1)C(C)(C)C. The first-order valence-corrected chi connectivity index (χ1v) is 7.32. The van der Waals surface area contributed by atoms with E-state index in [9.17, 15) is 13.2 Å². The smallest absolute Gasteiger partial charge is 0.324 e. The van der Waals surface area contributed by atoms with Crippen LogP contribution >= 0.6 is 0 Å². The summed E-state index contributed by atoms with van der Waals surface area (Å²) in [6.07, 6.45) is 0. The quantitative estimate of drug-likeness (QED) is 0.852. The Morgan fingerprint density at radius 1 is 1.21 bits per heavy atom. The van der Waals surface area contributed by atoms with E-state index < -0.39 is 27.4 Å². The third-order valence-electron chi connectivity index (χ3n) is 2.63. The number of carbonyl (C=O) groups is 1. The number of esters is 1. The predicted octanol–water partition coefficient (Wildman–Crippen LogP) is 1.55. The van der Waals surface area contributed by atoms with Gasteiger partial charge in [0.15, 0.2) is 0 Å². The fourth-order valence-corrected chi connectivity index (χ4v) is 2.93. The predicted molar refractivity (Wildman–Crippen MR) is 72.0 cm³/mol. The van der Waals surface area contributed by atoms with Crippen LogP contribution in [-0.4, -0.2) is 27.5 Å². The molecule has 5 nitrogen and oxygen atoms in total. The van der Waals surface area contributed by atoms with Crippen LogP contribution in [0.25, 0.3) is 0 Å². The van der Waals surface area contributed by atoms with Crippen molar-refractivity contribution in [3.05, 3.63) is 30.3 Å². The summed E-state index contributed by atoms with van der Waals surface area (Å²) >= 11 is 0. The lowest BCUT2D eigenvalue weighted by atomic mass is 9.87. The van der Waals surface area contributed by atoms with Crippen molar-refractivity contribution in [1.29, 1.82) is 0 Å². The zero-order chi connectivity index (χ0) is 14.7. The molecule has 1 atom stereocenters. The Bertz CT molecular complexity index is 532. The van der Waals surface area contributed by atoms with E-state index >= 15 is 0 Å². The van der Waals surface area contributed by atoms with Gasteiger partial charge in [-0.25, -0.2) is 8.42 Å². The van der Waals surface area contributed by atoms with Gasteiger partial charge in [0.25, 0.3) is 0 Å². The number of hydrogen-bond acceptors (Lipinski definition) is 4. The second-order valence-electron chi connectivity index (χ2n) is 5.26. The summed E-state index contributed by atoms with van der Waals surface area (Å²) in [5.41, 5.74) is -0.588. The number of rotatable bonds is 4. The number of benzene rings is 1. The maximum absolute atomic E-state index is 12.2. The molecule has 106 valence electrons. The Morgan fingerprint density at radius 3 is 2.16 bits per heavy atom. The Labute approximate surface area is 114 Å². The minimum Gasteiger partial charge on any atom is -0.468 e. The Morgan fingerprint density at radius 2 is 1.74 bits per heavy atom. The summed E-state index contributed by atoms with van der Waals surface area (Å²) in [7, 11) is -2.51. The van der Waals surface area contributed by atoms with Crippen LogP contribution in [0.15, 0.2) is 35.2 Å². The second kappa shape index (κ2) is 5.71. The Balaban J connectivity index is 3.07. The molecule has 0 fully saturated rings. The number of ether oxygens (including phenoxy) is 1. The van der Waals surface area contributed by atoms with E-state index in [0.717, 1.165) is 0 Å². The minimum absolute atomic E-state index is 0.119. The van der Waals surface area contributed by atoms with Gasteiger partial charge in [0.05, 0.1) is 12.0 Å². The van der Waals surface area contributed by atoms with E-state index in [0.29, 0.717) is 0 Å². The van der Waals surface area contributed by atoms with Gasteiger partial charge >= 0.3 is 5.97 Å². The average Bonchev–Trinajstić information content (AvgIpc) is 2.35. The van der Waals surface area contributed by atoms with Crippen molar-refractivity contribution in [3.8, 4) is 0 Å². The third kappa shape index (κ3) is 4.04. The van der Waals surface area contributed by atoms with Gasteiger partial charge < -0.3 is 4.74 Å². The van der Waals surface area contributed by atoms with Gasteiger partial charge in [-0.05, 0) is 17.5 Å². The minimum atomic E-state index is -3.75. The number of sulfonamides is 1. The molecule has 19 heavy (non-hydrogen) atoms. The molecule has 1 unspecified atom stereocenters. The average molecular weight is 285 g/mol. The number of nitrogens with one attached hydrogen (secondary N) is 1. The van der Waals surface area contributed by atoms with Crippen LogP contribution in [0.2, 0.25) is 0 Å². The summed E-state index contributed by atoms with van der Waals surface area (Å²) in [6.45, 7) is 5.30. The second-order valence-corrected chi connectivity index (χ2v) is 6.97. The van der Waals surface area contributed by atoms with Gasteiger partial charge in [-0.1, -0.05) is 39.0 Å². The van der Waals surface area contributed by atoms with Crippen LogP contribution in [0.5, 0.6) is 0 Å². The molecular weight excluding hydrogens is 266 g/mol. The van der Waals surface area contributed by atoms with E-state index in [-0.39, 0.29) is 4.90 Å². The van der Waals surface area contributed by atoms with Gasteiger partial charge in [-0.15, -0.1) is 0 Å². The normalized spacial score (nSPS) is 13.9. The van der Waals surface area contributed by atoms with Crippen molar-refractivity contribution < 1.29 is 17.9 Å². The van der Waals surface area contributed by atoms with Crippen molar-refractivity contribution >= 4 is 16.0 Å². The highest BCUT2D eigenvalue weighted by Crippen LogP contribution is 2.22. The molecule has 0 amide bonds. The molecule has 0 saturated heterocycles. The molecule has 0 spiro atoms. The van der Waals surface area contributed by atoms with E-state index in [4.69, 9.17) is 0 Å². The van der Waals surface area contributed by atoms with Crippen LogP contribution in [0.4, 0.5) is 0 Å². The molecule has 1 rings (SSSR count). The standard InChI is InChI=1S/C13H19NO4S/c1-13(2,3)11(12(15)18-4)14-19(16,17)10-8-6-5-7-9-10/h5-9,11,14H,1-4H3. The molecule has 1 aromatic rings. The molecular formula is C13H19NO4S. The van der Waals surface area contributed by atoms with Crippen LogP contribution < -0.4 is 4.72 Å². The summed E-state index contributed by atoms with van der Waals surface area (Å²) in [5.74, 6) is -0.605. The van der Waals surface area contributed by atoms with Gasteiger partial charge in [0.2, 0.25) is 10.0 Å². The number of carbonyl (C=O) groups excluding carboxylic acids is 1. The highest BCUT2D eigenvalue weighted by Gasteiger charge is 2.36. The van der Waals surface area contributed by atoms with Crippen LogP contribution in [-0.2, 0) is 19.6 Å². The van der Waals surface area contributed by atoms with Crippen molar-refractivity contribution in [2.75, 3.05) is 7.11 Å². The number of methoxy groups -OCH3 is 1. The van der Waals surface area contributed by atoms with E-state index in [1.807, 2.05) is 0 Å². The van der Waals surface area contributed by atoms with Gasteiger partial charge in [0.1, 0.15) is 6.04 Å². The highest BCUT2D eigenvalue weighted by molar-refractivity contribution is 7.89. The molecule has 0 radical (unpaired) electrons. The molecule has 1 aromatic carbocycles. The lowest BCUT2D eigenvalue weighted by molar-refractivity contribution is -0.145. The lowest BCUT2D eigenvalue weighted by Gasteiger charge is -2.28. The number of hydrogen-bond donors (Lipinski definition) is 1. The molecule has 1 N–H and O–H groups in total. The molecule has 0 aromatic heterocycles. The summed E-state index contributed by atoms with van der Waals surface area (Å²) in [5, 5.41) is 0. The maximum Gasteiger partial charge on any atom is 0.324 e. The largest absolute Gasteiger partial charge is 0.468 e. The van der Waals surface area contributed by atoms with Crippen LogP contribution in [0, 0.1) is 5.41 Å². The highest BCUT2D eigenvalue weighted by atomic mass is 32.2. The zero-order valence-corrected chi connectivity index (χ0v) is 12.3. The fraction of sp³-hybridized carbons (Fsp3) is 0.462. The molecule has 0 heterocycles. The molecule has 0 aliphatic heterocycles. The van der Waals surface area contributed by atoms with Crippen molar-refractivity contribution in [2.45, 2.75) is 31.7 Å². The Hall–Kier alpha value is -1.40. The van der Waals surface area contributed by atoms with Crippen LogP contribution in [0.1, 0.15) is 20.8 Å². The zero-order valence-electron chi connectivity index (χ0n) is 11.5. The molecule has 6 heteroatoms. The monoisotopic (exact) mass is 285 g/mol.